The smallest absolute Gasteiger partial charge is 0.338 e. The lowest BCUT2D eigenvalue weighted by Crippen LogP contribution is -2.21. The molecule has 0 spiro atoms. The van der Waals surface area contributed by atoms with Crippen molar-refractivity contribution in [2.75, 3.05) is 11.9 Å². The maximum Gasteiger partial charge on any atom is 0.338 e. The van der Waals surface area contributed by atoms with Crippen LogP contribution in [0.15, 0.2) is 48.5 Å². The molecule has 3 rings (SSSR count). The van der Waals surface area contributed by atoms with Crippen LogP contribution in [0.25, 0.3) is 5.69 Å². The van der Waals surface area contributed by atoms with E-state index in [4.69, 9.17) is 16.3 Å². The van der Waals surface area contributed by atoms with Crippen molar-refractivity contribution < 1.29 is 14.3 Å². The number of ether oxygens (including phenoxy) is 1. The highest BCUT2D eigenvalue weighted by Gasteiger charge is 2.14. The number of rotatable bonds is 6. The van der Waals surface area contributed by atoms with Gasteiger partial charge in [-0.05, 0) is 55.7 Å². The SMILES string of the molecule is Cc1nn(-c2ccc(C(=O)OCC(=O)Nc3ccccc3C(C)C)cc2)c(C)c1Cl. The van der Waals surface area contributed by atoms with Gasteiger partial charge in [-0.2, -0.15) is 5.10 Å². The van der Waals surface area contributed by atoms with Gasteiger partial charge in [0, 0.05) is 5.69 Å². The summed E-state index contributed by atoms with van der Waals surface area (Å²) in [4.78, 5) is 24.5. The van der Waals surface area contributed by atoms with Crippen LogP contribution in [0.4, 0.5) is 5.69 Å². The fourth-order valence-corrected chi connectivity index (χ4v) is 3.25. The van der Waals surface area contributed by atoms with E-state index >= 15 is 0 Å². The van der Waals surface area contributed by atoms with Crippen LogP contribution in [0.1, 0.15) is 47.1 Å². The minimum atomic E-state index is -0.569. The van der Waals surface area contributed by atoms with E-state index in [0.717, 1.165) is 28.3 Å². The van der Waals surface area contributed by atoms with Crippen LogP contribution in [0.5, 0.6) is 0 Å². The number of benzene rings is 2. The fraction of sp³-hybridized carbons (Fsp3) is 0.261. The van der Waals surface area contributed by atoms with Crippen LogP contribution in [0.3, 0.4) is 0 Å². The zero-order chi connectivity index (χ0) is 21.8. The maximum absolute atomic E-state index is 12.3. The molecule has 3 aromatic rings. The van der Waals surface area contributed by atoms with Gasteiger partial charge in [0.2, 0.25) is 0 Å². The molecule has 7 heteroatoms. The van der Waals surface area contributed by atoms with Crippen LogP contribution in [-0.2, 0) is 9.53 Å². The van der Waals surface area contributed by atoms with Crippen molar-refractivity contribution in [2.45, 2.75) is 33.6 Å². The van der Waals surface area contributed by atoms with E-state index in [1.165, 1.54) is 0 Å². The summed E-state index contributed by atoms with van der Waals surface area (Å²) < 4.78 is 6.88. The van der Waals surface area contributed by atoms with Crippen molar-refractivity contribution in [1.29, 1.82) is 0 Å². The zero-order valence-corrected chi connectivity index (χ0v) is 18.2. The highest BCUT2D eigenvalue weighted by Crippen LogP contribution is 2.24. The van der Waals surface area contributed by atoms with E-state index < -0.39 is 5.97 Å². The number of nitrogens with zero attached hydrogens (tertiary/aromatic N) is 2. The number of carbonyl (C=O) groups is 2. The molecule has 6 nitrogen and oxygen atoms in total. The Kier molecular flexibility index (Phi) is 6.57. The predicted molar refractivity (Wildman–Crippen MR) is 117 cm³/mol. The summed E-state index contributed by atoms with van der Waals surface area (Å²) in [6, 6.07) is 14.3. The number of aryl methyl sites for hydroxylation is 1. The second-order valence-electron chi connectivity index (χ2n) is 7.31. The third-order valence-electron chi connectivity index (χ3n) is 4.74. The van der Waals surface area contributed by atoms with Crippen LogP contribution in [0, 0.1) is 13.8 Å². The van der Waals surface area contributed by atoms with Crippen LogP contribution in [-0.4, -0.2) is 28.3 Å². The van der Waals surface area contributed by atoms with Crippen molar-refractivity contribution in [1.82, 2.24) is 9.78 Å². The van der Waals surface area contributed by atoms with E-state index in [0.29, 0.717) is 10.6 Å². The number of esters is 1. The highest BCUT2D eigenvalue weighted by molar-refractivity contribution is 6.31. The van der Waals surface area contributed by atoms with Gasteiger partial charge in [0.15, 0.2) is 6.61 Å². The Morgan fingerprint density at radius 2 is 1.77 bits per heavy atom. The molecule has 1 aromatic heterocycles. The van der Waals surface area contributed by atoms with Gasteiger partial charge in [-0.3, -0.25) is 4.79 Å². The number of aromatic nitrogens is 2. The Morgan fingerprint density at radius 1 is 1.10 bits per heavy atom. The molecular weight excluding hydrogens is 402 g/mol. The molecule has 1 N–H and O–H groups in total. The van der Waals surface area contributed by atoms with Crippen molar-refractivity contribution in [3.05, 3.63) is 76.1 Å². The Bertz CT molecular complexity index is 1070. The maximum atomic E-state index is 12.3. The summed E-state index contributed by atoms with van der Waals surface area (Å²) in [6.45, 7) is 7.45. The van der Waals surface area contributed by atoms with Crippen LogP contribution in [0.2, 0.25) is 5.02 Å². The average Bonchev–Trinajstić information content (AvgIpc) is 2.99. The molecule has 0 aliphatic heterocycles. The molecule has 0 unspecified atom stereocenters. The summed E-state index contributed by atoms with van der Waals surface area (Å²) >= 11 is 6.19. The van der Waals surface area contributed by atoms with Gasteiger partial charge in [-0.25, -0.2) is 9.48 Å². The van der Waals surface area contributed by atoms with Gasteiger partial charge < -0.3 is 10.1 Å². The molecular formula is C23H24ClN3O3. The first-order valence-corrected chi connectivity index (χ1v) is 10.0. The van der Waals surface area contributed by atoms with Gasteiger partial charge in [0.25, 0.3) is 5.91 Å². The minimum Gasteiger partial charge on any atom is -0.452 e. The number of hydrogen-bond donors (Lipinski definition) is 1. The minimum absolute atomic E-state index is 0.264. The fourth-order valence-electron chi connectivity index (χ4n) is 3.13. The first-order valence-electron chi connectivity index (χ1n) is 9.66. The van der Waals surface area contributed by atoms with Crippen molar-refractivity contribution >= 4 is 29.2 Å². The lowest BCUT2D eigenvalue weighted by atomic mass is 10.0. The number of nitrogens with one attached hydrogen (secondary N) is 1. The molecule has 1 heterocycles. The molecule has 0 atom stereocenters. The second kappa shape index (κ2) is 9.13. The number of amides is 1. The summed E-state index contributed by atoms with van der Waals surface area (Å²) in [5, 5.41) is 7.81. The molecule has 0 aliphatic rings. The summed E-state index contributed by atoms with van der Waals surface area (Å²) in [5.74, 6) is -0.690. The van der Waals surface area contributed by atoms with Crippen molar-refractivity contribution in [2.24, 2.45) is 0 Å². The summed E-state index contributed by atoms with van der Waals surface area (Å²) in [7, 11) is 0. The van der Waals surface area contributed by atoms with Crippen molar-refractivity contribution in [3.8, 4) is 5.69 Å². The summed E-state index contributed by atoms with van der Waals surface area (Å²) in [5.41, 5.74) is 4.44. The molecule has 0 saturated carbocycles. The van der Waals surface area contributed by atoms with Crippen molar-refractivity contribution in [3.63, 3.8) is 0 Å². The first kappa shape index (κ1) is 21.6. The Hall–Kier alpha value is -3.12. The normalized spacial score (nSPS) is 10.9. The van der Waals surface area contributed by atoms with Crippen LogP contribution < -0.4 is 5.32 Å². The number of para-hydroxylation sites is 1. The molecule has 0 radical (unpaired) electrons. The van der Waals surface area contributed by atoms with E-state index in [9.17, 15) is 9.59 Å². The third kappa shape index (κ3) is 4.71. The molecule has 1 amide bonds. The molecule has 0 fully saturated rings. The van der Waals surface area contributed by atoms with Crippen LogP contribution >= 0.6 is 11.6 Å². The quantitative estimate of drug-likeness (QED) is 0.560. The zero-order valence-electron chi connectivity index (χ0n) is 17.4. The number of anilines is 1. The van der Waals surface area contributed by atoms with Gasteiger partial charge in [-0.15, -0.1) is 0 Å². The van der Waals surface area contributed by atoms with E-state index in [1.54, 1.807) is 28.9 Å². The average molecular weight is 426 g/mol. The summed E-state index contributed by atoms with van der Waals surface area (Å²) in [6.07, 6.45) is 0. The number of halogens is 1. The second-order valence-corrected chi connectivity index (χ2v) is 7.69. The largest absolute Gasteiger partial charge is 0.452 e. The molecule has 0 bridgehead atoms. The Morgan fingerprint density at radius 3 is 2.37 bits per heavy atom. The lowest BCUT2D eigenvalue weighted by Gasteiger charge is -2.13. The van der Waals surface area contributed by atoms with Gasteiger partial charge in [-0.1, -0.05) is 43.6 Å². The number of hydrogen-bond acceptors (Lipinski definition) is 4. The first-order chi connectivity index (χ1) is 14.3. The lowest BCUT2D eigenvalue weighted by molar-refractivity contribution is -0.119. The Labute approximate surface area is 180 Å². The van der Waals surface area contributed by atoms with E-state index in [-0.39, 0.29) is 18.4 Å². The van der Waals surface area contributed by atoms with E-state index in [1.807, 2.05) is 38.1 Å². The Balaban J connectivity index is 1.61. The van der Waals surface area contributed by atoms with Gasteiger partial charge in [0.1, 0.15) is 0 Å². The van der Waals surface area contributed by atoms with Gasteiger partial charge >= 0.3 is 5.97 Å². The molecule has 156 valence electrons. The monoisotopic (exact) mass is 425 g/mol. The molecule has 0 aliphatic carbocycles. The topological polar surface area (TPSA) is 73.2 Å². The molecule has 2 aromatic carbocycles. The number of carbonyl (C=O) groups excluding carboxylic acids is 2. The molecule has 30 heavy (non-hydrogen) atoms. The predicted octanol–water partition coefficient (Wildman–Crippen LogP) is 5.06. The third-order valence-corrected chi connectivity index (χ3v) is 5.29. The van der Waals surface area contributed by atoms with E-state index in [2.05, 4.69) is 24.3 Å². The molecule has 0 saturated heterocycles. The highest BCUT2D eigenvalue weighted by atomic mass is 35.5. The van der Waals surface area contributed by atoms with Gasteiger partial charge in [0.05, 0.1) is 27.7 Å². The standard InChI is InChI=1S/C23H24ClN3O3/c1-14(2)19-7-5-6-8-20(19)25-21(28)13-30-23(29)17-9-11-18(12-10-17)27-16(4)22(24)15(3)26-27/h5-12,14H,13H2,1-4H3,(H,25,28).